The number of rotatable bonds is 5. The second-order valence-corrected chi connectivity index (χ2v) is 6.42. The van der Waals surface area contributed by atoms with Crippen LogP contribution in [0, 0.1) is 11.6 Å². The zero-order valence-electron chi connectivity index (χ0n) is 14.3. The first-order chi connectivity index (χ1) is 13.0. The van der Waals surface area contributed by atoms with E-state index in [1.54, 1.807) is 4.90 Å². The molecule has 0 saturated heterocycles. The van der Waals surface area contributed by atoms with Gasteiger partial charge < -0.3 is 10.2 Å². The minimum absolute atomic E-state index is 0.0668. The number of amides is 2. The molecule has 0 saturated carbocycles. The molecule has 1 N–H and O–H groups in total. The van der Waals surface area contributed by atoms with Crippen molar-refractivity contribution in [2.45, 2.75) is 12.8 Å². The lowest BCUT2D eigenvalue weighted by Crippen LogP contribution is -2.28. The number of carbonyl (C=O) groups excluding carboxylic acids is 2. The quantitative estimate of drug-likeness (QED) is 0.723. The second-order valence-electron chi connectivity index (χ2n) is 6.42. The molecule has 0 bridgehead atoms. The van der Waals surface area contributed by atoms with Crippen LogP contribution < -0.4 is 10.2 Å². The molecule has 0 aromatic heterocycles. The lowest BCUT2D eigenvalue weighted by atomic mass is 10.1. The Morgan fingerprint density at radius 1 is 1.00 bits per heavy atom. The van der Waals surface area contributed by atoms with Gasteiger partial charge in [-0.2, -0.15) is 0 Å². The molecule has 0 spiro atoms. The first-order valence-corrected chi connectivity index (χ1v) is 8.63. The number of halogens is 2. The Balaban J connectivity index is 1.40. The minimum Gasteiger partial charge on any atom is -0.326 e. The standard InChI is InChI=1S/C21H16F2N2O2/c22-16-10-9-14(12-17(16)23)24-19(26)8-3-11-25-18-7-2-5-13-4-1-6-15(20(13)18)21(25)27/h1-2,4-7,9-10,12H,3,8,11H2,(H,24,26). The third kappa shape index (κ3) is 3.14. The molecule has 2 amide bonds. The van der Waals surface area contributed by atoms with Crippen LogP contribution in [0.15, 0.2) is 54.6 Å². The smallest absolute Gasteiger partial charge is 0.258 e. The predicted octanol–water partition coefficient (Wildman–Crippen LogP) is 4.50. The van der Waals surface area contributed by atoms with E-state index < -0.39 is 11.6 Å². The van der Waals surface area contributed by atoms with Crippen molar-refractivity contribution in [3.8, 4) is 0 Å². The van der Waals surface area contributed by atoms with Crippen LogP contribution in [0.5, 0.6) is 0 Å². The highest BCUT2D eigenvalue weighted by Crippen LogP contribution is 2.37. The van der Waals surface area contributed by atoms with E-state index >= 15 is 0 Å². The summed E-state index contributed by atoms with van der Waals surface area (Å²) >= 11 is 0. The molecule has 3 aromatic carbocycles. The third-order valence-electron chi connectivity index (χ3n) is 4.64. The largest absolute Gasteiger partial charge is 0.326 e. The third-order valence-corrected chi connectivity index (χ3v) is 4.64. The van der Waals surface area contributed by atoms with Gasteiger partial charge in [0.25, 0.3) is 5.91 Å². The number of hydrogen-bond acceptors (Lipinski definition) is 2. The van der Waals surface area contributed by atoms with Gasteiger partial charge in [-0.15, -0.1) is 0 Å². The molecule has 4 nitrogen and oxygen atoms in total. The lowest BCUT2D eigenvalue weighted by Gasteiger charge is -2.17. The highest BCUT2D eigenvalue weighted by atomic mass is 19.2. The molecule has 6 heteroatoms. The van der Waals surface area contributed by atoms with Crippen LogP contribution in [-0.4, -0.2) is 18.4 Å². The van der Waals surface area contributed by atoms with Gasteiger partial charge in [-0.1, -0.05) is 24.3 Å². The number of carbonyl (C=O) groups is 2. The van der Waals surface area contributed by atoms with Crippen molar-refractivity contribution >= 4 is 34.0 Å². The van der Waals surface area contributed by atoms with Gasteiger partial charge in [-0.25, -0.2) is 8.78 Å². The summed E-state index contributed by atoms with van der Waals surface area (Å²) in [5.74, 6) is -2.36. The molecular formula is C21H16F2N2O2. The summed E-state index contributed by atoms with van der Waals surface area (Å²) in [6.07, 6.45) is 0.612. The molecule has 1 heterocycles. The van der Waals surface area contributed by atoms with Crippen molar-refractivity contribution in [2.75, 3.05) is 16.8 Å². The summed E-state index contributed by atoms with van der Waals surface area (Å²) in [5.41, 5.74) is 1.73. The van der Waals surface area contributed by atoms with E-state index in [2.05, 4.69) is 5.32 Å². The summed E-state index contributed by atoms with van der Waals surface area (Å²) in [6.45, 7) is 0.401. The van der Waals surface area contributed by atoms with E-state index in [1.807, 2.05) is 36.4 Å². The number of benzene rings is 3. The Bertz CT molecular complexity index is 1060. The van der Waals surface area contributed by atoms with E-state index in [9.17, 15) is 18.4 Å². The van der Waals surface area contributed by atoms with E-state index in [0.29, 0.717) is 18.5 Å². The average Bonchev–Trinajstić information content (AvgIpc) is 2.93. The Kier molecular flexibility index (Phi) is 4.32. The number of hydrogen-bond donors (Lipinski definition) is 1. The Labute approximate surface area is 154 Å². The van der Waals surface area contributed by atoms with Gasteiger partial charge >= 0.3 is 0 Å². The van der Waals surface area contributed by atoms with Crippen molar-refractivity contribution in [2.24, 2.45) is 0 Å². The van der Waals surface area contributed by atoms with E-state index in [-0.39, 0.29) is 23.9 Å². The van der Waals surface area contributed by atoms with Gasteiger partial charge in [0.05, 0.1) is 5.69 Å². The molecule has 0 aliphatic carbocycles. The highest BCUT2D eigenvalue weighted by molar-refractivity contribution is 6.25. The SMILES string of the molecule is O=C(CCCN1C(=O)c2cccc3cccc1c23)Nc1ccc(F)c(F)c1. The lowest BCUT2D eigenvalue weighted by molar-refractivity contribution is -0.116. The fourth-order valence-electron chi connectivity index (χ4n) is 3.40. The summed E-state index contributed by atoms with van der Waals surface area (Å²) in [7, 11) is 0. The van der Waals surface area contributed by atoms with Crippen LogP contribution in [0.25, 0.3) is 10.8 Å². The molecule has 1 aliphatic rings. The maximum Gasteiger partial charge on any atom is 0.258 e. The van der Waals surface area contributed by atoms with Crippen molar-refractivity contribution in [1.82, 2.24) is 0 Å². The fourth-order valence-corrected chi connectivity index (χ4v) is 3.40. The first kappa shape index (κ1) is 17.1. The van der Waals surface area contributed by atoms with Crippen LogP contribution in [0.4, 0.5) is 20.2 Å². The van der Waals surface area contributed by atoms with Gasteiger partial charge in [0.2, 0.25) is 5.91 Å². The Hall–Kier alpha value is -3.28. The molecule has 27 heavy (non-hydrogen) atoms. The minimum atomic E-state index is -1.01. The van der Waals surface area contributed by atoms with Crippen molar-refractivity contribution < 1.29 is 18.4 Å². The first-order valence-electron chi connectivity index (χ1n) is 8.63. The number of nitrogens with zero attached hydrogens (tertiary/aromatic N) is 1. The molecule has 136 valence electrons. The number of nitrogens with one attached hydrogen (secondary N) is 1. The molecule has 0 radical (unpaired) electrons. The Morgan fingerprint density at radius 2 is 1.78 bits per heavy atom. The van der Waals surface area contributed by atoms with Crippen molar-refractivity contribution in [1.29, 1.82) is 0 Å². The summed E-state index contributed by atoms with van der Waals surface area (Å²) in [6, 6.07) is 14.6. The van der Waals surface area contributed by atoms with Gasteiger partial charge in [0.1, 0.15) is 0 Å². The monoisotopic (exact) mass is 366 g/mol. The van der Waals surface area contributed by atoms with E-state index in [4.69, 9.17) is 0 Å². The average molecular weight is 366 g/mol. The highest BCUT2D eigenvalue weighted by Gasteiger charge is 2.28. The van der Waals surface area contributed by atoms with Gasteiger partial charge in [-0.05, 0) is 36.1 Å². The van der Waals surface area contributed by atoms with Crippen molar-refractivity contribution in [3.63, 3.8) is 0 Å². The molecule has 0 atom stereocenters. The second kappa shape index (κ2) is 6.79. The topological polar surface area (TPSA) is 49.4 Å². The summed E-state index contributed by atoms with van der Waals surface area (Å²) in [5, 5.41) is 4.49. The van der Waals surface area contributed by atoms with Gasteiger partial charge in [-0.3, -0.25) is 9.59 Å². The zero-order chi connectivity index (χ0) is 19.0. The molecule has 4 rings (SSSR count). The molecule has 0 fully saturated rings. The normalized spacial score (nSPS) is 12.7. The Morgan fingerprint density at radius 3 is 2.56 bits per heavy atom. The van der Waals surface area contributed by atoms with Gasteiger partial charge in [0, 0.05) is 35.7 Å². The molecule has 3 aromatic rings. The number of anilines is 2. The van der Waals surface area contributed by atoms with E-state index in [0.717, 1.165) is 28.6 Å². The predicted molar refractivity (Wildman–Crippen MR) is 99.8 cm³/mol. The molecule has 0 unspecified atom stereocenters. The van der Waals surface area contributed by atoms with E-state index in [1.165, 1.54) is 6.07 Å². The maximum atomic E-state index is 13.2. The zero-order valence-corrected chi connectivity index (χ0v) is 14.3. The van der Waals surface area contributed by atoms with Crippen LogP contribution >= 0.6 is 0 Å². The van der Waals surface area contributed by atoms with Crippen molar-refractivity contribution in [3.05, 3.63) is 71.8 Å². The van der Waals surface area contributed by atoms with Crippen LogP contribution in [-0.2, 0) is 4.79 Å². The van der Waals surface area contributed by atoms with Gasteiger partial charge in [0.15, 0.2) is 11.6 Å². The maximum absolute atomic E-state index is 13.2. The fraction of sp³-hybridized carbons (Fsp3) is 0.143. The van der Waals surface area contributed by atoms with Crippen LogP contribution in [0.3, 0.4) is 0 Å². The molecule has 1 aliphatic heterocycles. The van der Waals surface area contributed by atoms with Crippen LogP contribution in [0.2, 0.25) is 0 Å². The van der Waals surface area contributed by atoms with Crippen LogP contribution in [0.1, 0.15) is 23.2 Å². The molecular weight excluding hydrogens is 350 g/mol. The summed E-state index contributed by atoms with van der Waals surface area (Å²) in [4.78, 5) is 26.4. The summed E-state index contributed by atoms with van der Waals surface area (Å²) < 4.78 is 26.1.